The van der Waals surface area contributed by atoms with Crippen LogP contribution in [-0.4, -0.2) is 20.4 Å². The average molecular weight is 460 g/mol. The number of carbonyl (C=O) groups excluding carboxylic acids is 1. The normalized spacial score (nSPS) is 12.0. The Labute approximate surface area is 198 Å². The lowest BCUT2D eigenvalue weighted by atomic mass is 10.1. The molecule has 0 spiro atoms. The number of amides is 1. The van der Waals surface area contributed by atoms with Gasteiger partial charge in [0.15, 0.2) is 0 Å². The molecule has 1 unspecified atom stereocenters. The van der Waals surface area contributed by atoms with Crippen LogP contribution in [0.1, 0.15) is 47.2 Å². The summed E-state index contributed by atoms with van der Waals surface area (Å²) < 4.78 is 1.63. The highest BCUT2D eigenvalue weighted by Crippen LogP contribution is 2.26. The van der Waals surface area contributed by atoms with Crippen LogP contribution in [0.15, 0.2) is 77.6 Å². The molecule has 0 bridgehead atoms. The molecule has 0 fully saturated rings. The predicted molar refractivity (Wildman–Crippen MR) is 133 cm³/mol. The highest BCUT2D eigenvalue weighted by molar-refractivity contribution is 6.31. The van der Waals surface area contributed by atoms with Gasteiger partial charge in [-0.05, 0) is 56.2 Å². The number of benzene rings is 3. The molecule has 4 rings (SSSR count). The predicted octanol–water partition coefficient (Wildman–Crippen LogP) is 5.78. The molecule has 0 radical (unpaired) electrons. The number of hydrogen-bond donors (Lipinski definition) is 0. The van der Waals surface area contributed by atoms with Crippen LogP contribution in [0.2, 0.25) is 5.02 Å². The summed E-state index contributed by atoms with van der Waals surface area (Å²) in [6.07, 6.45) is 0. The highest BCUT2D eigenvalue weighted by atomic mass is 35.5. The summed E-state index contributed by atoms with van der Waals surface area (Å²) in [5, 5.41) is 0.963. The number of aryl methyl sites for hydroxylation is 1. The minimum atomic E-state index is -0.440. The third-order valence-corrected chi connectivity index (χ3v) is 6.17. The van der Waals surface area contributed by atoms with Gasteiger partial charge in [-0.1, -0.05) is 60.1 Å². The lowest BCUT2D eigenvalue weighted by Gasteiger charge is -2.31. The van der Waals surface area contributed by atoms with Crippen molar-refractivity contribution in [3.63, 3.8) is 0 Å². The van der Waals surface area contributed by atoms with E-state index in [9.17, 15) is 9.59 Å². The van der Waals surface area contributed by atoms with Gasteiger partial charge in [0.2, 0.25) is 0 Å². The standard InChI is InChI=1S/C27H26ClN3O2/c1-4-30-25(29-24-15-14-21(28)16-23(24)27(30)33)19(3)31(17-20-11-6-5-7-12-20)26(32)22-13-9-8-10-18(22)2/h5-16,19H,4,17H2,1-3H3. The Morgan fingerprint density at radius 1 is 1.06 bits per heavy atom. The van der Waals surface area contributed by atoms with Gasteiger partial charge >= 0.3 is 0 Å². The van der Waals surface area contributed by atoms with Gasteiger partial charge in [-0.25, -0.2) is 4.98 Å². The molecule has 6 heteroatoms. The fourth-order valence-electron chi connectivity index (χ4n) is 4.11. The summed E-state index contributed by atoms with van der Waals surface area (Å²) in [5.41, 5.74) is 2.96. The molecule has 1 amide bonds. The van der Waals surface area contributed by atoms with E-state index >= 15 is 0 Å². The minimum absolute atomic E-state index is 0.0995. The zero-order valence-electron chi connectivity index (χ0n) is 19.0. The monoisotopic (exact) mass is 459 g/mol. The van der Waals surface area contributed by atoms with Crippen LogP contribution in [0.4, 0.5) is 0 Å². The van der Waals surface area contributed by atoms with E-state index in [0.29, 0.717) is 40.4 Å². The molecule has 0 N–H and O–H groups in total. The lowest BCUT2D eigenvalue weighted by Crippen LogP contribution is -2.37. The fraction of sp³-hybridized carbons (Fsp3) is 0.222. The van der Waals surface area contributed by atoms with Gasteiger partial charge in [-0.2, -0.15) is 0 Å². The van der Waals surface area contributed by atoms with Crippen molar-refractivity contribution >= 4 is 28.4 Å². The molecule has 1 heterocycles. The molecule has 33 heavy (non-hydrogen) atoms. The van der Waals surface area contributed by atoms with E-state index in [1.54, 1.807) is 27.7 Å². The van der Waals surface area contributed by atoms with E-state index < -0.39 is 6.04 Å². The molecule has 1 atom stereocenters. The van der Waals surface area contributed by atoms with Gasteiger partial charge in [0.1, 0.15) is 5.82 Å². The maximum absolute atomic E-state index is 13.8. The molecule has 168 valence electrons. The number of carbonyl (C=O) groups is 1. The van der Waals surface area contributed by atoms with Crippen molar-refractivity contribution < 1.29 is 4.79 Å². The van der Waals surface area contributed by atoms with E-state index in [1.807, 2.05) is 75.4 Å². The van der Waals surface area contributed by atoms with Crippen LogP contribution in [0, 0.1) is 6.92 Å². The number of fused-ring (bicyclic) bond motifs is 1. The van der Waals surface area contributed by atoms with Gasteiger partial charge in [0, 0.05) is 23.7 Å². The first-order valence-electron chi connectivity index (χ1n) is 11.0. The number of nitrogens with zero attached hydrogens (tertiary/aromatic N) is 3. The molecule has 0 saturated carbocycles. The lowest BCUT2D eigenvalue weighted by molar-refractivity contribution is 0.0661. The van der Waals surface area contributed by atoms with E-state index in [0.717, 1.165) is 11.1 Å². The summed E-state index contributed by atoms with van der Waals surface area (Å²) in [6, 6.07) is 22.1. The second-order valence-corrected chi connectivity index (χ2v) is 8.53. The Hall–Kier alpha value is -3.44. The number of halogens is 1. The van der Waals surface area contributed by atoms with Crippen LogP contribution < -0.4 is 5.56 Å². The van der Waals surface area contributed by atoms with Crippen LogP contribution in [0.5, 0.6) is 0 Å². The summed E-state index contributed by atoms with van der Waals surface area (Å²) in [4.78, 5) is 33.6. The topological polar surface area (TPSA) is 55.2 Å². The van der Waals surface area contributed by atoms with Gasteiger partial charge in [0.25, 0.3) is 11.5 Å². The summed E-state index contributed by atoms with van der Waals surface area (Å²) in [7, 11) is 0. The maximum atomic E-state index is 13.8. The Balaban J connectivity index is 1.86. The van der Waals surface area contributed by atoms with Crippen LogP contribution >= 0.6 is 11.6 Å². The average Bonchev–Trinajstić information content (AvgIpc) is 2.83. The quantitative estimate of drug-likeness (QED) is 0.367. The third-order valence-electron chi connectivity index (χ3n) is 5.94. The van der Waals surface area contributed by atoms with Crippen molar-refractivity contribution in [3.05, 3.63) is 111 Å². The SMILES string of the molecule is CCn1c(C(C)N(Cc2ccccc2)C(=O)c2ccccc2C)nc2ccc(Cl)cc2c1=O. The van der Waals surface area contributed by atoms with Crippen molar-refractivity contribution in [2.24, 2.45) is 0 Å². The molecule has 5 nitrogen and oxygen atoms in total. The molecule has 1 aromatic heterocycles. The minimum Gasteiger partial charge on any atom is -0.324 e. The van der Waals surface area contributed by atoms with Gasteiger partial charge in [-0.3, -0.25) is 14.2 Å². The van der Waals surface area contributed by atoms with Crippen molar-refractivity contribution in [2.75, 3.05) is 0 Å². The van der Waals surface area contributed by atoms with E-state index in [4.69, 9.17) is 16.6 Å². The molecule has 3 aromatic carbocycles. The Morgan fingerprint density at radius 2 is 1.76 bits per heavy atom. The molecule has 0 aliphatic carbocycles. The Morgan fingerprint density at radius 3 is 2.45 bits per heavy atom. The van der Waals surface area contributed by atoms with Crippen LogP contribution in [0.25, 0.3) is 10.9 Å². The van der Waals surface area contributed by atoms with Gasteiger partial charge in [0.05, 0.1) is 16.9 Å². The molecular weight excluding hydrogens is 434 g/mol. The molecule has 4 aromatic rings. The van der Waals surface area contributed by atoms with Crippen LogP contribution in [-0.2, 0) is 13.1 Å². The Bertz CT molecular complexity index is 1370. The fourth-order valence-corrected chi connectivity index (χ4v) is 4.28. The first-order chi connectivity index (χ1) is 15.9. The first kappa shape index (κ1) is 22.7. The summed E-state index contributed by atoms with van der Waals surface area (Å²) >= 11 is 6.12. The second-order valence-electron chi connectivity index (χ2n) is 8.09. The van der Waals surface area contributed by atoms with E-state index in [-0.39, 0.29) is 11.5 Å². The smallest absolute Gasteiger partial charge is 0.261 e. The zero-order valence-corrected chi connectivity index (χ0v) is 19.7. The van der Waals surface area contributed by atoms with Gasteiger partial charge in [-0.15, -0.1) is 0 Å². The largest absolute Gasteiger partial charge is 0.324 e. The van der Waals surface area contributed by atoms with Gasteiger partial charge < -0.3 is 4.90 Å². The van der Waals surface area contributed by atoms with Crippen molar-refractivity contribution in [2.45, 2.75) is 39.9 Å². The Kier molecular flexibility index (Phi) is 6.61. The zero-order chi connectivity index (χ0) is 23.5. The molecule has 0 aliphatic rings. The molecule has 0 saturated heterocycles. The highest BCUT2D eigenvalue weighted by Gasteiger charge is 2.27. The summed E-state index contributed by atoms with van der Waals surface area (Å²) in [6.45, 7) is 6.59. The molecule has 0 aliphatic heterocycles. The van der Waals surface area contributed by atoms with E-state index in [2.05, 4.69) is 0 Å². The summed E-state index contributed by atoms with van der Waals surface area (Å²) in [5.74, 6) is 0.452. The third kappa shape index (κ3) is 4.55. The molecular formula is C27H26ClN3O2. The number of aromatic nitrogens is 2. The van der Waals surface area contributed by atoms with Crippen molar-refractivity contribution in [1.29, 1.82) is 0 Å². The number of hydrogen-bond acceptors (Lipinski definition) is 3. The van der Waals surface area contributed by atoms with Crippen LogP contribution in [0.3, 0.4) is 0 Å². The van der Waals surface area contributed by atoms with Crippen molar-refractivity contribution in [1.82, 2.24) is 14.5 Å². The maximum Gasteiger partial charge on any atom is 0.261 e. The number of rotatable bonds is 6. The second kappa shape index (κ2) is 9.59. The van der Waals surface area contributed by atoms with Crippen molar-refractivity contribution in [3.8, 4) is 0 Å². The van der Waals surface area contributed by atoms with E-state index in [1.165, 1.54) is 0 Å². The first-order valence-corrected chi connectivity index (χ1v) is 11.4.